The first kappa shape index (κ1) is 21.2. The molecule has 4 heterocycles. The van der Waals surface area contributed by atoms with Crippen molar-refractivity contribution in [2.24, 2.45) is 14.1 Å². The Bertz CT molecular complexity index is 1430. The topological polar surface area (TPSA) is 78.1 Å². The second kappa shape index (κ2) is 8.04. The maximum absolute atomic E-state index is 14.8. The molecule has 33 heavy (non-hydrogen) atoms. The zero-order valence-electron chi connectivity index (χ0n) is 18.4. The number of hydrogen-bond donors (Lipinski definition) is 0. The third-order valence-corrected chi connectivity index (χ3v) is 5.94. The highest BCUT2D eigenvalue weighted by Gasteiger charge is 2.26. The van der Waals surface area contributed by atoms with Crippen molar-refractivity contribution in [2.75, 3.05) is 24.6 Å². The van der Waals surface area contributed by atoms with Crippen molar-refractivity contribution in [1.82, 2.24) is 24.3 Å². The van der Waals surface area contributed by atoms with E-state index in [0.717, 1.165) is 23.8 Å². The zero-order valence-corrected chi connectivity index (χ0v) is 18.4. The van der Waals surface area contributed by atoms with Crippen LogP contribution >= 0.6 is 0 Å². The molecule has 8 nitrogen and oxygen atoms in total. The van der Waals surface area contributed by atoms with Gasteiger partial charge < -0.3 is 9.64 Å². The van der Waals surface area contributed by atoms with Crippen LogP contribution < -0.4 is 10.5 Å². The van der Waals surface area contributed by atoms with Crippen LogP contribution in [0.15, 0.2) is 41.5 Å². The summed E-state index contributed by atoms with van der Waals surface area (Å²) in [7, 11) is 3.42. The number of fused-ring (bicyclic) bond motifs is 1. The normalized spacial score (nSPS) is 16.5. The van der Waals surface area contributed by atoms with E-state index in [4.69, 9.17) is 4.74 Å². The Morgan fingerprint density at radius 3 is 2.73 bits per heavy atom. The largest absolute Gasteiger partial charge is 0.370 e. The number of aromatic nitrogens is 5. The van der Waals surface area contributed by atoms with Crippen molar-refractivity contribution in [3.8, 4) is 11.3 Å². The maximum Gasteiger partial charge on any atom is 0.263 e. The van der Waals surface area contributed by atoms with E-state index >= 15 is 0 Å². The molecule has 0 aliphatic carbocycles. The fourth-order valence-electron chi connectivity index (χ4n) is 4.08. The van der Waals surface area contributed by atoms with E-state index in [-0.39, 0.29) is 28.3 Å². The van der Waals surface area contributed by atoms with Crippen molar-refractivity contribution < 1.29 is 13.5 Å². The Kier molecular flexibility index (Phi) is 5.16. The lowest BCUT2D eigenvalue weighted by molar-refractivity contribution is 0.0395. The van der Waals surface area contributed by atoms with E-state index in [9.17, 15) is 13.6 Å². The van der Waals surface area contributed by atoms with Crippen LogP contribution in [0.5, 0.6) is 0 Å². The number of anilines is 1. The van der Waals surface area contributed by atoms with Gasteiger partial charge in [0.15, 0.2) is 0 Å². The number of ether oxygens (including phenoxy) is 1. The molecule has 1 atom stereocenters. The van der Waals surface area contributed by atoms with E-state index in [2.05, 4.69) is 15.1 Å². The molecule has 10 heteroatoms. The Balaban J connectivity index is 1.68. The van der Waals surface area contributed by atoms with Crippen molar-refractivity contribution in [1.29, 1.82) is 0 Å². The quantitative estimate of drug-likeness (QED) is 0.476. The zero-order chi connectivity index (χ0) is 23.3. The molecule has 1 aliphatic heterocycles. The summed E-state index contributed by atoms with van der Waals surface area (Å²) in [6.45, 7) is 3.20. The van der Waals surface area contributed by atoms with E-state index < -0.39 is 11.6 Å². The van der Waals surface area contributed by atoms with Gasteiger partial charge in [-0.1, -0.05) is 0 Å². The first-order valence-corrected chi connectivity index (χ1v) is 10.5. The number of benzene rings is 1. The van der Waals surface area contributed by atoms with Crippen LogP contribution in [0.4, 0.5) is 14.6 Å². The minimum Gasteiger partial charge on any atom is -0.370 e. The summed E-state index contributed by atoms with van der Waals surface area (Å²) in [5, 5.41) is 4.35. The molecule has 0 N–H and O–H groups in total. The molecule has 4 aromatic rings. The highest BCUT2D eigenvalue weighted by molar-refractivity contribution is 5.93. The molecule has 0 saturated carbocycles. The van der Waals surface area contributed by atoms with Gasteiger partial charge in [-0.3, -0.25) is 14.0 Å². The molecule has 0 radical (unpaired) electrons. The third-order valence-electron chi connectivity index (χ3n) is 5.94. The summed E-state index contributed by atoms with van der Waals surface area (Å²) in [5.41, 5.74) is 0.926. The summed E-state index contributed by atoms with van der Waals surface area (Å²) in [5.74, 6) is -0.268. The monoisotopic (exact) mass is 452 g/mol. The lowest BCUT2D eigenvalue weighted by atomic mass is 10.1. The van der Waals surface area contributed by atoms with E-state index in [0.29, 0.717) is 36.9 Å². The van der Waals surface area contributed by atoms with Gasteiger partial charge in [-0.15, -0.1) is 0 Å². The predicted molar refractivity (Wildman–Crippen MR) is 119 cm³/mol. The smallest absolute Gasteiger partial charge is 0.263 e. The van der Waals surface area contributed by atoms with Crippen molar-refractivity contribution in [3.05, 3.63) is 70.0 Å². The van der Waals surface area contributed by atoms with Gasteiger partial charge in [0.25, 0.3) is 5.56 Å². The molecule has 5 rings (SSSR count). The maximum atomic E-state index is 14.8. The summed E-state index contributed by atoms with van der Waals surface area (Å²) in [6.07, 6.45) is 3.42. The molecule has 0 spiro atoms. The van der Waals surface area contributed by atoms with Crippen molar-refractivity contribution >= 4 is 16.7 Å². The average molecular weight is 452 g/mol. The van der Waals surface area contributed by atoms with E-state index in [1.807, 2.05) is 18.1 Å². The second-order valence-electron chi connectivity index (χ2n) is 8.12. The molecule has 0 unspecified atom stereocenters. The first-order valence-electron chi connectivity index (χ1n) is 10.5. The highest BCUT2D eigenvalue weighted by atomic mass is 19.1. The number of hydrogen-bond acceptors (Lipinski definition) is 6. The second-order valence-corrected chi connectivity index (χ2v) is 8.12. The van der Waals surface area contributed by atoms with Gasteiger partial charge in [-0.2, -0.15) is 5.10 Å². The van der Waals surface area contributed by atoms with Crippen LogP contribution in [0.25, 0.3) is 22.2 Å². The molecule has 1 aliphatic rings. The molecule has 0 bridgehead atoms. The predicted octanol–water partition coefficient (Wildman–Crippen LogP) is 2.89. The van der Waals surface area contributed by atoms with Gasteiger partial charge in [0.05, 0.1) is 29.4 Å². The van der Waals surface area contributed by atoms with Gasteiger partial charge >= 0.3 is 0 Å². The van der Waals surface area contributed by atoms with Crippen molar-refractivity contribution in [3.63, 3.8) is 0 Å². The van der Waals surface area contributed by atoms with Gasteiger partial charge in [0, 0.05) is 50.6 Å². The summed E-state index contributed by atoms with van der Waals surface area (Å²) < 4.78 is 37.8. The summed E-state index contributed by atoms with van der Waals surface area (Å²) in [4.78, 5) is 24.3. The molecular weight excluding hydrogens is 430 g/mol. The van der Waals surface area contributed by atoms with Crippen molar-refractivity contribution in [2.45, 2.75) is 13.0 Å². The summed E-state index contributed by atoms with van der Waals surface area (Å²) >= 11 is 0. The molecule has 3 aromatic heterocycles. The minimum absolute atomic E-state index is 0.0667. The number of morpholine rings is 1. The molecular formula is C23H22F2N6O2. The van der Waals surface area contributed by atoms with Crippen LogP contribution in [-0.2, 0) is 18.8 Å². The van der Waals surface area contributed by atoms with Crippen LogP contribution in [0, 0.1) is 18.6 Å². The van der Waals surface area contributed by atoms with Gasteiger partial charge in [-0.05, 0) is 25.1 Å². The minimum atomic E-state index is -0.666. The third kappa shape index (κ3) is 3.76. The standard InChI is InChI=1S/C23H22F2N6O2/c1-13-27-18-9-20(31-6-7-33-19(12-31)14-10-26-29(2)11-14)28-22(21(18)23(32)30(13)3)16-8-15(24)4-5-17(16)25/h4-5,8-11,19H,6-7,12H2,1-3H3/t19-/m1/s1. The van der Waals surface area contributed by atoms with E-state index in [1.165, 1.54) is 4.57 Å². The molecule has 1 saturated heterocycles. The number of pyridine rings is 1. The number of aryl methyl sites for hydroxylation is 2. The van der Waals surface area contributed by atoms with Gasteiger partial charge in [0.1, 0.15) is 29.4 Å². The van der Waals surface area contributed by atoms with Gasteiger partial charge in [0.2, 0.25) is 0 Å². The first-order chi connectivity index (χ1) is 15.8. The molecule has 0 amide bonds. The summed E-state index contributed by atoms with van der Waals surface area (Å²) in [6, 6.07) is 4.84. The fraction of sp³-hybridized carbons (Fsp3) is 0.304. The lowest BCUT2D eigenvalue weighted by Crippen LogP contribution is -2.39. The Morgan fingerprint density at radius 2 is 1.97 bits per heavy atom. The lowest BCUT2D eigenvalue weighted by Gasteiger charge is -2.33. The van der Waals surface area contributed by atoms with E-state index in [1.54, 1.807) is 30.9 Å². The fourth-order valence-corrected chi connectivity index (χ4v) is 4.08. The Hall–Kier alpha value is -3.66. The highest BCUT2D eigenvalue weighted by Crippen LogP contribution is 2.32. The number of halogens is 2. The van der Waals surface area contributed by atoms with Crippen LogP contribution in [-0.4, -0.2) is 44.0 Å². The Morgan fingerprint density at radius 1 is 1.15 bits per heavy atom. The molecule has 170 valence electrons. The molecule has 1 fully saturated rings. The van der Waals surface area contributed by atoms with Gasteiger partial charge in [-0.25, -0.2) is 18.7 Å². The van der Waals surface area contributed by atoms with Crippen LogP contribution in [0.3, 0.4) is 0 Å². The number of nitrogens with zero attached hydrogens (tertiary/aromatic N) is 6. The number of rotatable bonds is 3. The molecule has 1 aromatic carbocycles. The average Bonchev–Trinajstić information content (AvgIpc) is 3.25. The SMILES string of the molecule is Cc1nc2cc(N3CCO[C@@H](c4cnn(C)c4)C3)nc(-c3cc(F)ccc3F)c2c(=O)n1C. The van der Waals surface area contributed by atoms with Crippen LogP contribution in [0.2, 0.25) is 0 Å². The van der Waals surface area contributed by atoms with Crippen LogP contribution in [0.1, 0.15) is 17.5 Å². The Labute approximate surface area is 188 Å².